The molecule has 118 valence electrons. The summed E-state index contributed by atoms with van der Waals surface area (Å²) in [5, 5.41) is 7.55. The van der Waals surface area contributed by atoms with Crippen LogP contribution in [0.1, 0.15) is 11.3 Å². The van der Waals surface area contributed by atoms with Crippen molar-refractivity contribution in [2.45, 2.75) is 19.9 Å². The van der Waals surface area contributed by atoms with Gasteiger partial charge in [-0.15, -0.1) is 0 Å². The minimum Gasteiger partial charge on any atom is -0.309 e. The average molecular weight is 322 g/mol. The number of rotatable bonds is 6. The topological polar surface area (TPSA) is 63.1 Å². The number of anilines is 1. The van der Waals surface area contributed by atoms with Gasteiger partial charge >= 0.3 is 0 Å². The van der Waals surface area contributed by atoms with Crippen molar-refractivity contribution in [3.05, 3.63) is 40.8 Å². The van der Waals surface area contributed by atoms with Crippen LogP contribution in [0.2, 0.25) is 5.15 Å². The molecule has 7 heteroatoms. The third-order valence-electron chi connectivity index (χ3n) is 3.20. The van der Waals surface area contributed by atoms with Crippen molar-refractivity contribution in [1.29, 1.82) is 0 Å². The molecule has 0 saturated carbocycles. The van der Waals surface area contributed by atoms with Crippen LogP contribution in [0.15, 0.2) is 24.4 Å². The molecule has 0 spiro atoms. The smallest absolute Gasteiger partial charge is 0.230 e. The zero-order chi connectivity index (χ0) is 16.1. The van der Waals surface area contributed by atoms with E-state index in [1.807, 2.05) is 38.0 Å². The van der Waals surface area contributed by atoms with E-state index in [0.29, 0.717) is 11.0 Å². The largest absolute Gasteiger partial charge is 0.309 e. The predicted molar refractivity (Wildman–Crippen MR) is 87.1 cm³/mol. The molecule has 2 aromatic rings. The Bertz CT molecular complexity index is 653. The number of carbonyl (C=O) groups is 1. The van der Waals surface area contributed by atoms with E-state index < -0.39 is 0 Å². The molecule has 0 aliphatic carbocycles. The van der Waals surface area contributed by atoms with Crippen molar-refractivity contribution >= 4 is 23.3 Å². The summed E-state index contributed by atoms with van der Waals surface area (Å²) in [6.45, 7) is 3.51. The Hall–Kier alpha value is -1.92. The Balaban J connectivity index is 1.91. The first-order valence-corrected chi connectivity index (χ1v) is 7.42. The van der Waals surface area contributed by atoms with Crippen LogP contribution in [0, 0.1) is 6.92 Å². The van der Waals surface area contributed by atoms with Gasteiger partial charge in [0.1, 0.15) is 5.15 Å². The number of likely N-dealkylation sites (N-methyl/N-ethyl adjacent to an activating group) is 1. The molecule has 0 fully saturated rings. The van der Waals surface area contributed by atoms with Crippen molar-refractivity contribution in [3.8, 4) is 0 Å². The normalized spacial score (nSPS) is 11.0. The summed E-state index contributed by atoms with van der Waals surface area (Å²) in [5.41, 5.74) is 1.62. The lowest BCUT2D eigenvalue weighted by molar-refractivity contribution is -0.115. The van der Waals surface area contributed by atoms with E-state index in [1.54, 1.807) is 12.1 Å². The lowest BCUT2D eigenvalue weighted by Crippen LogP contribution is -2.19. The Morgan fingerprint density at radius 1 is 1.36 bits per heavy atom. The molecule has 0 radical (unpaired) electrons. The van der Waals surface area contributed by atoms with Crippen LogP contribution in [-0.2, 0) is 17.8 Å². The van der Waals surface area contributed by atoms with E-state index in [1.165, 1.54) is 0 Å². The van der Waals surface area contributed by atoms with E-state index in [-0.39, 0.29) is 12.3 Å². The molecule has 2 rings (SSSR count). The maximum absolute atomic E-state index is 12.1. The van der Waals surface area contributed by atoms with Crippen molar-refractivity contribution in [1.82, 2.24) is 19.7 Å². The Labute approximate surface area is 135 Å². The first-order chi connectivity index (χ1) is 10.4. The maximum Gasteiger partial charge on any atom is 0.230 e. The molecular formula is C15H20ClN5O. The van der Waals surface area contributed by atoms with Crippen LogP contribution in [0.25, 0.3) is 0 Å². The number of nitrogens with one attached hydrogen (secondary N) is 1. The molecule has 6 nitrogen and oxygen atoms in total. The summed E-state index contributed by atoms with van der Waals surface area (Å²) in [5.74, 6) is 0.438. The fourth-order valence-electron chi connectivity index (χ4n) is 1.96. The standard InChI is InChI=1S/C15H20ClN5O/c1-11-12(4-5-13(16)17-11)10-15(22)18-14-6-7-21(19-14)9-8-20(2)3/h4-7H,8-10H2,1-3H3,(H,18,19,22). The maximum atomic E-state index is 12.1. The first-order valence-electron chi connectivity index (χ1n) is 7.04. The number of hydrogen-bond acceptors (Lipinski definition) is 4. The molecule has 0 bridgehead atoms. The van der Waals surface area contributed by atoms with Crippen LogP contribution in [-0.4, -0.2) is 46.2 Å². The van der Waals surface area contributed by atoms with Gasteiger partial charge in [-0.3, -0.25) is 9.48 Å². The molecule has 0 aliphatic rings. The van der Waals surface area contributed by atoms with E-state index >= 15 is 0 Å². The number of carbonyl (C=O) groups excluding carboxylic acids is 1. The highest BCUT2D eigenvalue weighted by atomic mass is 35.5. The van der Waals surface area contributed by atoms with E-state index in [2.05, 4.69) is 20.3 Å². The summed E-state index contributed by atoms with van der Waals surface area (Å²) < 4.78 is 1.81. The number of amides is 1. The van der Waals surface area contributed by atoms with E-state index in [9.17, 15) is 4.79 Å². The number of pyridine rings is 1. The fourth-order valence-corrected chi connectivity index (χ4v) is 2.15. The summed E-state index contributed by atoms with van der Waals surface area (Å²) in [4.78, 5) is 18.3. The SMILES string of the molecule is Cc1nc(Cl)ccc1CC(=O)Nc1ccn(CCN(C)C)n1. The monoisotopic (exact) mass is 321 g/mol. The van der Waals surface area contributed by atoms with Gasteiger partial charge in [-0.05, 0) is 32.6 Å². The van der Waals surface area contributed by atoms with Gasteiger partial charge in [-0.1, -0.05) is 17.7 Å². The van der Waals surface area contributed by atoms with E-state index in [0.717, 1.165) is 24.3 Å². The molecule has 22 heavy (non-hydrogen) atoms. The van der Waals surface area contributed by atoms with Crippen molar-refractivity contribution in [3.63, 3.8) is 0 Å². The second-order valence-electron chi connectivity index (χ2n) is 5.37. The molecule has 0 unspecified atom stereocenters. The highest BCUT2D eigenvalue weighted by molar-refractivity contribution is 6.29. The lowest BCUT2D eigenvalue weighted by Gasteiger charge is -2.08. The van der Waals surface area contributed by atoms with Crippen molar-refractivity contribution in [2.75, 3.05) is 26.0 Å². The van der Waals surface area contributed by atoms with Crippen LogP contribution in [0.4, 0.5) is 5.82 Å². The molecule has 0 saturated heterocycles. The van der Waals surface area contributed by atoms with Crippen LogP contribution >= 0.6 is 11.6 Å². The van der Waals surface area contributed by atoms with Gasteiger partial charge < -0.3 is 10.2 Å². The molecular weight excluding hydrogens is 302 g/mol. The first kappa shape index (κ1) is 16.5. The summed E-state index contributed by atoms with van der Waals surface area (Å²) in [6, 6.07) is 5.30. The summed E-state index contributed by atoms with van der Waals surface area (Å²) >= 11 is 5.81. The minimum atomic E-state index is -0.120. The average Bonchev–Trinajstić information content (AvgIpc) is 2.87. The zero-order valence-electron chi connectivity index (χ0n) is 13.0. The Morgan fingerprint density at radius 3 is 2.82 bits per heavy atom. The predicted octanol–water partition coefficient (Wildman–Crippen LogP) is 1.98. The molecule has 2 heterocycles. The van der Waals surface area contributed by atoms with Gasteiger partial charge in [0.05, 0.1) is 13.0 Å². The van der Waals surface area contributed by atoms with Crippen LogP contribution < -0.4 is 5.32 Å². The molecule has 0 aliphatic heterocycles. The third kappa shape index (κ3) is 4.82. The van der Waals surface area contributed by atoms with Gasteiger partial charge in [0.2, 0.25) is 5.91 Å². The van der Waals surface area contributed by atoms with Gasteiger partial charge in [0.15, 0.2) is 5.82 Å². The number of nitrogens with zero attached hydrogens (tertiary/aromatic N) is 4. The van der Waals surface area contributed by atoms with Gasteiger partial charge in [-0.25, -0.2) is 4.98 Å². The highest BCUT2D eigenvalue weighted by Gasteiger charge is 2.09. The molecule has 0 aromatic carbocycles. The molecule has 0 atom stereocenters. The van der Waals surface area contributed by atoms with Crippen LogP contribution in [0.3, 0.4) is 0 Å². The number of aryl methyl sites for hydroxylation is 1. The van der Waals surface area contributed by atoms with Gasteiger partial charge in [0, 0.05) is 24.5 Å². The fraction of sp³-hybridized carbons (Fsp3) is 0.400. The van der Waals surface area contributed by atoms with E-state index in [4.69, 9.17) is 11.6 Å². The molecule has 1 N–H and O–H groups in total. The Morgan fingerprint density at radius 2 is 2.14 bits per heavy atom. The second kappa shape index (κ2) is 7.38. The minimum absolute atomic E-state index is 0.120. The van der Waals surface area contributed by atoms with Crippen LogP contribution in [0.5, 0.6) is 0 Å². The number of aromatic nitrogens is 3. The van der Waals surface area contributed by atoms with Gasteiger partial charge in [0.25, 0.3) is 0 Å². The molecule has 1 amide bonds. The Kier molecular flexibility index (Phi) is 5.51. The van der Waals surface area contributed by atoms with Crippen molar-refractivity contribution < 1.29 is 4.79 Å². The summed E-state index contributed by atoms with van der Waals surface area (Å²) in [6.07, 6.45) is 2.11. The molecule has 2 aromatic heterocycles. The lowest BCUT2D eigenvalue weighted by atomic mass is 10.1. The highest BCUT2D eigenvalue weighted by Crippen LogP contribution is 2.12. The number of hydrogen-bond donors (Lipinski definition) is 1. The summed E-state index contributed by atoms with van der Waals surface area (Å²) in [7, 11) is 4.02. The zero-order valence-corrected chi connectivity index (χ0v) is 13.8. The van der Waals surface area contributed by atoms with Gasteiger partial charge in [-0.2, -0.15) is 5.10 Å². The second-order valence-corrected chi connectivity index (χ2v) is 5.76. The third-order valence-corrected chi connectivity index (χ3v) is 3.41. The number of halogens is 1. The quantitative estimate of drug-likeness (QED) is 0.826. The van der Waals surface area contributed by atoms with Crippen molar-refractivity contribution in [2.24, 2.45) is 0 Å².